The first-order valence-electron chi connectivity index (χ1n) is 5.77. The van der Waals surface area contributed by atoms with E-state index in [0.717, 1.165) is 11.4 Å². The lowest BCUT2D eigenvalue weighted by Crippen LogP contribution is -2.20. The van der Waals surface area contributed by atoms with Crippen molar-refractivity contribution < 1.29 is 0 Å². The Bertz CT molecular complexity index is 530. The van der Waals surface area contributed by atoms with Crippen LogP contribution < -0.4 is 5.32 Å². The SMILES string of the molecule is CNC1CCCc2[nH]c3ccc(Cl)cc3c21. The van der Waals surface area contributed by atoms with Crippen LogP contribution in [0.5, 0.6) is 0 Å². The fraction of sp³-hybridized carbons (Fsp3) is 0.385. The number of fused-ring (bicyclic) bond motifs is 3. The highest BCUT2D eigenvalue weighted by Gasteiger charge is 2.23. The van der Waals surface area contributed by atoms with Gasteiger partial charge in [-0.05, 0) is 50.1 Å². The third-order valence-corrected chi connectivity index (χ3v) is 3.73. The van der Waals surface area contributed by atoms with Crippen molar-refractivity contribution in [1.82, 2.24) is 10.3 Å². The smallest absolute Gasteiger partial charge is 0.0460 e. The Hall–Kier alpha value is -0.990. The van der Waals surface area contributed by atoms with E-state index in [2.05, 4.69) is 22.4 Å². The summed E-state index contributed by atoms with van der Waals surface area (Å²) in [7, 11) is 2.03. The van der Waals surface area contributed by atoms with Gasteiger partial charge in [-0.1, -0.05) is 11.6 Å². The van der Waals surface area contributed by atoms with Gasteiger partial charge in [-0.15, -0.1) is 0 Å². The van der Waals surface area contributed by atoms with Crippen LogP contribution in [0.3, 0.4) is 0 Å². The number of hydrogen-bond acceptors (Lipinski definition) is 1. The fourth-order valence-corrected chi connectivity index (χ4v) is 2.92. The van der Waals surface area contributed by atoms with Crippen LogP contribution in [0, 0.1) is 0 Å². The van der Waals surface area contributed by atoms with E-state index in [4.69, 9.17) is 11.6 Å². The summed E-state index contributed by atoms with van der Waals surface area (Å²) in [6.07, 6.45) is 3.61. The molecular formula is C13H15ClN2. The van der Waals surface area contributed by atoms with E-state index >= 15 is 0 Å². The quantitative estimate of drug-likeness (QED) is 0.778. The molecule has 1 heterocycles. The predicted octanol–water partition coefficient (Wildman–Crippen LogP) is 3.42. The number of rotatable bonds is 1. The van der Waals surface area contributed by atoms with E-state index in [9.17, 15) is 0 Å². The normalized spacial score (nSPS) is 20.0. The fourth-order valence-electron chi connectivity index (χ4n) is 2.75. The Labute approximate surface area is 100.0 Å². The second-order valence-corrected chi connectivity index (χ2v) is 4.88. The molecule has 0 spiro atoms. The number of nitrogens with one attached hydrogen (secondary N) is 2. The first-order chi connectivity index (χ1) is 7.79. The minimum absolute atomic E-state index is 0.468. The zero-order valence-electron chi connectivity index (χ0n) is 9.31. The average molecular weight is 235 g/mol. The number of halogens is 1. The number of benzene rings is 1. The van der Waals surface area contributed by atoms with E-state index in [0.29, 0.717) is 6.04 Å². The van der Waals surface area contributed by atoms with E-state index in [1.54, 1.807) is 0 Å². The van der Waals surface area contributed by atoms with Gasteiger partial charge in [0.15, 0.2) is 0 Å². The van der Waals surface area contributed by atoms with Crippen LogP contribution in [0.2, 0.25) is 5.02 Å². The van der Waals surface area contributed by atoms with Gasteiger partial charge in [0.1, 0.15) is 0 Å². The van der Waals surface area contributed by atoms with Gasteiger partial charge in [-0.25, -0.2) is 0 Å². The van der Waals surface area contributed by atoms with E-state index in [1.807, 2.05) is 13.1 Å². The maximum atomic E-state index is 6.07. The molecule has 0 saturated carbocycles. The second kappa shape index (κ2) is 3.79. The topological polar surface area (TPSA) is 27.8 Å². The van der Waals surface area contributed by atoms with Crippen molar-refractivity contribution in [2.45, 2.75) is 25.3 Å². The molecular weight excluding hydrogens is 220 g/mol. The van der Waals surface area contributed by atoms with Crippen LogP contribution in [-0.4, -0.2) is 12.0 Å². The van der Waals surface area contributed by atoms with Crippen molar-refractivity contribution in [3.63, 3.8) is 0 Å². The van der Waals surface area contributed by atoms with E-state index in [-0.39, 0.29) is 0 Å². The van der Waals surface area contributed by atoms with Crippen molar-refractivity contribution >= 4 is 22.5 Å². The number of aromatic nitrogens is 1. The third-order valence-electron chi connectivity index (χ3n) is 3.50. The van der Waals surface area contributed by atoms with Crippen molar-refractivity contribution in [3.8, 4) is 0 Å². The molecule has 0 radical (unpaired) electrons. The molecule has 1 aromatic carbocycles. The summed E-state index contributed by atoms with van der Waals surface area (Å²) in [6.45, 7) is 0. The molecule has 3 heteroatoms. The molecule has 1 aromatic heterocycles. The van der Waals surface area contributed by atoms with Crippen LogP contribution in [0.4, 0.5) is 0 Å². The largest absolute Gasteiger partial charge is 0.358 e. The zero-order chi connectivity index (χ0) is 11.1. The Morgan fingerprint density at radius 3 is 3.12 bits per heavy atom. The molecule has 3 rings (SSSR count). The zero-order valence-corrected chi connectivity index (χ0v) is 10.1. The van der Waals surface area contributed by atoms with Gasteiger partial charge in [0.25, 0.3) is 0 Å². The minimum atomic E-state index is 0.468. The minimum Gasteiger partial charge on any atom is -0.358 e. The van der Waals surface area contributed by atoms with Crippen LogP contribution >= 0.6 is 11.6 Å². The van der Waals surface area contributed by atoms with Crippen LogP contribution in [0.25, 0.3) is 10.9 Å². The van der Waals surface area contributed by atoms with Gasteiger partial charge in [-0.2, -0.15) is 0 Å². The van der Waals surface area contributed by atoms with Gasteiger partial charge < -0.3 is 10.3 Å². The molecule has 2 nitrogen and oxygen atoms in total. The molecule has 2 aromatic rings. The highest BCUT2D eigenvalue weighted by molar-refractivity contribution is 6.31. The summed E-state index contributed by atoms with van der Waals surface area (Å²) >= 11 is 6.07. The maximum absolute atomic E-state index is 6.07. The van der Waals surface area contributed by atoms with E-state index < -0.39 is 0 Å². The van der Waals surface area contributed by atoms with Crippen molar-refractivity contribution in [3.05, 3.63) is 34.5 Å². The summed E-state index contributed by atoms with van der Waals surface area (Å²) in [5.74, 6) is 0. The van der Waals surface area contributed by atoms with Gasteiger partial charge in [0, 0.05) is 27.7 Å². The Kier molecular flexibility index (Phi) is 2.41. The number of hydrogen-bond donors (Lipinski definition) is 2. The molecule has 1 atom stereocenters. The van der Waals surface area contributed by atoms with Crippen LogP contribution in [0.1, 0.15) is 30.1 Å². The number of aromatic amines is 1. The van der Waals surface area contributed by atoms with Crippen LogP contribution in [0.15, 0.2) is 18.2 Å². The Morgan fingerprint density at radius 1 is 1.44 bits per heavy atom. The summed E-state index contributed by atoms with van der Waals surface area (Å²) in [5.41, 5.74) is 4.01. The molecule has 2 N–H and O–H groups in total. The highest BCUT2D eigenvalue weighted by atomic mass is 35.5. The first kappa shape index (κ1) is 10.2. The maximum Gasteiger partial charge on any atom is 0.0460 e. The van der Waals surface area contributed by atoms with E-state index in [1.165, 1.54) is 35.0 Å². The summed E-state index contributed by atoms with van der Waals surface area (Å²) in [5, 5.41) is 5.49. The molecule has 0 fully saturated rings. The first-order valence-corrected chi connectivity index (χ1v) is 6.14. The third kappa shape index (κ3) is 1.45. The monoisotopic (exact) mass is 234 g/mol. The van der Waals surface area contributed by atoms with Gasteiger partial charge in [0.2, 0.25) is 0 Å². The second-order valence-electron chi connectivity index (χ2n) is 4.44. The average Bonchev–Trinajstić information content (AvgIpc) is 2.66. The molecule has 16 heavy (non-hydrogen) atoms. The molecule has 0 amide bonds. The number of aryl methyl sites for hydroxylation is 1. The highest BCUT2D eigenvalue weighted by Crippen LogP contribution is 2.36. The van der Waals surface area contributed by atoms with Gasteiger partial charge >= 0.3 is 0 Å². The standard InChI is InChI=1S/C13H15ClN2/c1-15-11-3-2-4-12-13(11)9-7-8(14)5-6-10(9)16-12/h5-7,11,15-16H,2-4H2,1H3. The van der Waals surface area contributed by atoms with Crippen molar-refractivity contribution in [2.24, 2.45) is 0 Å². The number of H-pyrrole nitrogens is 1. The summed E-state index contributed by atoms with van der Waals surface area (Å²) in [4.78, 5) is 3.51. The molecule has 0 bridgehead atoms. The lowest BCUT2D eigenvalue weighted by molar-refractivity contribution is 0.497. The van der Waals surface area contributed by atoms with Crippen LogP contribution in [-0.2, 0) is 6.42 Å². The summed E-state index contributed by atoms with van der Waals surface area (Å²) < 4.78 is 0. The van der Waals surface area contributed by atoms with Gasteiger partial charge in [-0.3, -0.25) is 0 Å². The molecule has 0 saturated heterocycles. The van der Waals surface area contributed by atoms with Gasteiger partial charge in [0.05, 0.1) is 0 Å². The molecule has 1 unspecified atom stereocenters. The Balaban J connectivity index is 2.27. The predicted molar refractivity (Wildman–Crippen MR) is 68.0 cm³/mol. The van der Waals surface area contributed by atoms with Crippen molar-refractivity contribution in [2.75, 3.05) is 7.05 Å². The molecule has 1 aliphatic rings. The lowest BCUT2D eigenvalue weighted by Gasteiger charge is -2.22. The lowest BCUT2D eigenvalue weighted by atomic mass is 9.91. The summed E-state index contributed by atoms with van der Waals surface area (Å²) in [6, 6.07) is 6.56. The molecule has 84 valence electrons. The molecule has 1 aliphatic carbocycles. The van der Waals surface area contributed by atoms with Crippen molar-refractivity contribution in [1.29, 1.82) is 0 Å². The Morgan fingerprint density at radius 2 is 2.31 bits per heavy atom. The molecule has 0 aliphatic heterocycles.